The minimum atomic E-state index is -0.504. The lowest BCUT2D eigenvalue weighted by atomic mass is 10.7. The lowest BCUT2D eigenvalue weighted by Gasteiger charge is -1.93. The zero-order valence-electron chi connectivity index (χ0n) is 7.53. The maximum absolute atomic E-state index is 5.37. The van der Waals surface area contributed by atoms with E-state index in [1.54, 1.807) is 0 Å². The minimum absolute atomic E-state index is 0. The van der Waals surface area contributed by atoms with Crippen LogP contribution in [0, 0.1) is 0 Å². The van der Waals surface area contributed by atoms with E-state index in [1.807, 2.05) is 6.92 Å². The van der Waals surface area contributed by atoms with Crippen molar-refractivity contribution >= 4 is 9.92 Å². The molecule has 1 rings (SSSR count). The lowest BCUT2D eigenvalue weighted by Crippen LogP contribution is -3.00. The summed E-state index contributed by atoms with van der Waals surface area (Å²) in [5.41, 5.74) is 0. The molecule has 70 valence electrons. The zero-order chi connectivity index (χ0) is 8.10. The number of rotatable bonds is 4. The van der Waals surface area contributed by atoms with Gasteiger partial charge < -0.3 is 16.8 Å². The summed E-state index contributed by atoms with van der Waals surface area (Å²) >= 11 is 0. The Morgan fingerprint density at radius 1 is 1.50 bits per heavy atom. The second-order valence-corrected chi connectivity index (χ2v) is 3.78. The molecule has 12 heavy (non-hydrogen) atoms. The van der Waals surface area contributed by atoms with Crippen molar-refractivity contribution in [1.82, 2.24) is 4.57 Å². The van der Waals surface area contributed by atoms with Gasteiger partial charge in [0.15, 0.2) is 0 Å². The molecule has 0 unspecified atom stereocenters. The molecule has 0 fully saturated rings. The molecule has 0 aliphatic rings. The van der Waals surface area contributed by atoms with Gasteiger partial charge in [0, 0.05) is 6.61 Å². The molecule has 0 aliphatic carbocycles. The molecular weight excluding hydrogens is 192 g/mol. The Morgan fingerprint density at radius 2 is 2.25 bits per heavy atom. The van der Waals surface area contributed by atoms with Gasteiger partial charge in [-0.25, -0.2) is 4.57 Å². The predicted molar refractivity (Wildman–Crippen MR) is 45.9 cm³/mol. The van der Waals surface area contributed by atoms with Gasteiger partial charge in [0.2, 0.25) is 6.33 Å². The Hall–Kier alpha value is -0.323. The van der Waals surface area contributed by atoms with Gasteiger partial charge in [-0.05, 0) is 13.8 Å². The fraction of sp³-hybridized carbons (Fsp3) is 0.571. The second kappa shape index (κ2) is 6.22. The molecule has 0 bridgehead atoms. The average molecular weight is 207 g/mol. The summed E-state index contributed by atoms with van der Waals surface area (Å²) in [5, 5.41) is 0. The Kier molecular flexibility index (Phi) is 6.05. The first-order chi connectivity index (χ1) is 5.36. The van der Waals surface area contributed by atoms with Gasteiger partial charge in [0.1, 0.15) is 12.4 Å². The molecule has 0 aliphatic heterocycles. The third-order valence-corrected chi connectivity index (χ3v) is 2.82. The topological polar surface area (TPSA) is 18.0 Å². The molecule has 0 aromatic carbocycles. The molecular formula is C7H15ClN2OSi. The van der Waals surface area contributed by atoms with Crippen molar-refractivity contribution in [2.45, 2.75) is 20.4 Å². The highest BCUT2D eigenvalue weighted by Gasteiger charge is 2.00. The number of nitrogens with zero attached hydrogens (tertiary/aromatic N) is 2. The van der Waals surface area contributed by atoms with Gasteiger partial charge in [-0.15, -0.1) is 0 Å². The van der Waals surface area contributed by atoms with Gasteiger partial charge in [0.25, 0.3) is 0 Å². The summed E-state index contributed by atoms with van der Waals surface area (Å²) in [5.74, 6) is 0. The standard InChI is InChI=1S/C7H15N2OSi.ClH/c1-3-8-5-6-9(7-8)11-10-4-2;/h5-7H,3-4,11H2,1-2H3;1H/q+1;/p-1. The largest absolute Gasteiger partial charge is 1.00 e. The van der Waals surface area contributed by atoms with Crippen LogP contribution in [0.1, 0.15) is 13.8 Å². The quantitative estimate of drug-likeness (QED) is 0.472. The van der Waals surface area contributed by atoms with E-state index in [0.29, 0.717) is 0 Å². The van der Waals surface area contributed by atoms with Gasteiger partial charge in [-0.2, -0.15) is 0 Å². The molecule has 3 nitrogen and oxygen atoms in total. The Labute approximate surface area is 81.8 Å². The van der Waals surface area contributed by atoms with Crippen LogP contribution in [0.15, 0.2) is 18.7 Å². The van der Waals surface area contributed by atoms with Gasteiger partial charge >= 0.3 is 9.92 Å². The normalized spacial score (nSPS) is 10.5. The van der Waals surface area contributed by atoms with Crippen LogP contribution in [0.4, 0.5) is 0 Å². The van der Waals surface area contributed by atoms with Crippen LogP contribution in [-0.2, 0) is 11.0 Å². The molecule has 1 heterocycles. The van der Waals surface area contributed by atoms with Crippen LogP contribution in [0.2, 0.25) is 0 Å². The maximum Gasteiger partial charge on any atom is 0.381 e. The zero-order valence-corrected chi connectivity index (χ0v) is 9.70. The molecule has 5 heteroatoms. The first kappa shape index (κ1) is 11.7. The molecule has 0 amide bonds. The SMILES string of the molecule is CCO[SiH2][n+]1ccn(CC)c1.[Cl-]. The van der Waals surface area contributed by atoms with E-state index >= 15 is 0 Å². The maximum atomic E-state index is 5.37. The van der Waals surface area contributed by atoms with E-state index in [-0.39, 0.29) is 12.4 Å². The Balaban J connectivity index is 0.00000121. The molecule has 1 aromatic rings. The fourth-order valence-corrected chi connectivity index (χ4v) is 1.75. The summed E-state index contributed by atoms with van der Waals surface area (Å²) in [7, 11) is -0.504. The Bertz CT molecular complexity index is 217. The predicted octanol–water partition coefficient (Wildman–Crippen LogP) is -3.32. The van der Waals surface area contributed by atoms with E-state index in [1.165, 1.54) is 0 Å². The van der Waals surface area contributed by atoms with Crippen molar-refractivity contribution in [3.05, 3.63) is 18.7 Å². The van der Waals surface area contributed by atoms with Crippen LogP contribution >= 0.6 is 0 Å². The summed E-state index contributed by atoms with van der Waals surface area (Å²) in [4.78, 5) is 0. The highest BCUT2D eigenvalue weighted by atomic mass is 35.5. The average Bonchev–Trinajstić information content (AvgIpc) is 2.48. The number of aromatic nitrogens is 2. The first-order valence-electron chi connectivity index (χ1n) is 3.99. The van der Waals surface area contributed by atoms with Crippen molar-refractivity contribution in [3.8, 4) is 0 Å². The highest BCUT2D eigenvalue weighted by Crippen LogP contribution is 1.81. The summed E-state index contributed by atoms with van der Waals surface area (Å²) in [6.07, 6.45) is 6.25. The number of imidazole rings is 1. The third kappa shape index (κ3) is 3.38. The number of aryl methyl sites for hydroxylation is 1. The first-order valence-corrected chi connectivity index (χ1v) is 5.20. The second-order valence-electron chi connectivity index (χ2n) is 2.38. The molecule has 0 radical (unpaired) electrons. The van der Waals surface area contributed by atoms with Crippen molar-refractivity contribution < 1.29 is 21.1 Å². The lowest BCUT2D eigenvalue weighted by molar-refractivity contribution is -0.540. The van der Waals surface area contributed by atoms with Gasteiger partial charge in [-0.3, -0.25) is 4.23 Å². The molecule has 0 N–H and O–H groups in total. The minimum Gasteiger partial charge on any atom is -1.00 e. The van der Waals surface area contributed by atoms with Crippen LogP contribution in [0.5, 0.6) is 0 Å². The van der Waals surface area contributed by atoms with Crippen LogP contribution in [-0.4, -0.2) is 21.1 Å². The molecule has 0 atom stereocenters. The van der Waals surface area contributed by atoms with Crippen molar-refractivity contribution in [1.29, 1.82) is 0 Å². The third-order valence-electron chi connectivity index (χ3n) is 1.56. The Morgan fingerprint density at radius 3 is 2.75 bits per heavy atom. The number of hydrogen-bond acceptors (Lipinski definition) is 1. The summed E-state index contributed by atoms with van der Waals surface area (Å²) in [6.45, 7) is 6.03. The van der Waals surface area contributed by atoms with Gasteiger partial charge in [0.05, 0.1) is 6.54 Å². The highest BCUT2D eigenvalue weighted by molar-refractivity contribution is 6.14. The smallest absolute Gasteiger partial charge is 0.381 e. The van der Waals surface area contributed by atoms with Crippen molar-refractivity contribution in [2.24, 2.45) is 0 Å². The molecule has 0 saturated carbocycles. The van der Waals surface area contributed by atoms with Gasteiger partial charge in [-0.1, -0.05) is 0 Å². The van der Waals surface area contributed by atoms with Crippen LogP contribution in [0.25, 0.3) is 0 Å². The van der Waals surface area contributed by atoms with E-state index in [0.717, 1.165) is 13.2 Å². The van der Waals surface area contributed by atoms with E-state index in [4.69, 9.17) is 4.43 Å². The van der Waals surface area contributed by atoms with Crippen molar-refractivity contribution in [3.63, 3.8) is 0 Å². The number of halogens is 1. The number of hydrogen-bond donors (Lipinski definition) is 0. The van der Waals surface area contributed by atoms with E-state index in [9.17, 15) is 0 Å². The van der Waals surface area contributed by atoms with Crippen LogP contribution in [0.3, 0.4) is 0 Å². The van der Waals surface area contributed by atoms with Crippen molar-refractivity contribution in [2.75, 3.05) is 6.61 Å². The molecule has 0 spiro atoms. The fourth-order valence-electron chi connectivity index (χ4n) is 0.899. The summed E-state index contributed by atoms with van der Waals surface area (Å²) < 4.78 is 9.67. The van der Waals surface area contributed by atoms with Crippen LogP contribution < -0.4 is 16.6 Å². The van der Waals surface area contributed by atoms with E-state index < -0.39 is 9.92 Å². The van der Waals surface area contributed by atoms with E-state index in [2.05, 4.69) is 34.4 Å². The summed E-state index contributed by atoms with van der Waals surface area (Å²) in [6, 6.07) is 0. The monoisotopic (exact) mass is 206 g/mol. The molecule has 1 aromatic heterocycles. The molecule has 0 saturated heterocycles.